The Morgan fingerprint density at radius 1 is 1.59 bits per heavy atom. The highest BCUT2D eigenvalue weighted by Gasteiger charge is 2.19. The number of nitrogens with zero attached hydrogens (tertiary/aromatic N) is 2. The van der Waals surface area contributed by atoms with Gasteiger partial charge in [-0.1, -0.05) is 0 Å². The van der Waals surface area contributed by atoms with Crippen molar-refractivity contribution in [1.29, 1.82) is 5.26 Å². The van der Waals surface area contributed by atoms with Gasteiger partial charge in [0.05, 0.1) is 11.7 Å². The summed E-state index contributed by atoms with van der Waals surface area (Å²) in [6.07, 6.45) is -0.198. The maximum absolute atomic E-state index is 9.86. The Balaban J connectivity index is 2.82. The number of rotatable bonds is 5. The first-order valence-electron chi connectivity index (χ1n) is 5.26. The number of aliphatic hydroxyl groups excluding tert-OH is 2. The molecule has 2 atom stereocenters. The van der Waals surface area contributed by atoms with Gasteiger partial charge in [-0.15, -0.1) is 0 Å². The summed E-state index contributed by atoms with van der Waals surface area (Å²) in [5, 5.41) is 31.2. The van der Waals surface area contributed by atoms with Crippen molar-refractivity contribution in [2.75, 3.05) is 19.3 Å². The molecule has 2 unspecified atom stereocenters. The van der Waals surface area contributed by atoms with Crippen LogP contribution < -0.4 is 11.1 Å². The molecule has 0 bridgehead atoms. The average Bonchev–Trinajstić information content (AvgIpc) is 2.35. The number of nitrogen functional groups attached to an aromatic ring is 1. The molecule has 17 heavy (non-hydrogen) atoms. The lowest BCUT2D eigenvalue weighted by atomic mass is 10.0. The standard InChI is InChI=1S/C11H16N4O2/c1-14-3-2-9(16)10(17)8-4-7(5-12)11(13)15-6-8/h4,6,9-10,14,16-17H,2-3H2,1H3,(H2,13,15). The van der Waals surface area contributed by atoms with E-state index in [9.17, 15) is 10.2 Å². The SMILES string of the molecule is CNCCC(O)C(O)c1cnc(N)c(C#N)c1. The van der Waals surface area contributed by atoms with Gasteiger partial charge in [-0.25, -0.2) is 4.98 Å². The molecule has 1 rings (SSSR count). The maximum Gasteiger partial charge on any atom is 0.141 e. The first-order chi connectivity index (χ1) is 8.10. The first-order valence-corrected chi connectivity index (χ1v) is 5.26. The normalized spacial score (nSPS) is 14.0. The van der Waals surface area contributed by atoms with Gasteiger partial charge in [-0.05, 0) is 26.1 Å². The molecule has 0 fully saturated rings. The maximum atomic E-state index is 9.86. The largest absolute Gasteiger partial charge is 0.390 e. The number of nitrogens with two attached hydrogens (primary N) is 1. The molecule has 0 aliphatic heterocycles. The molecule has 1 aromatic rings. The van der Waals surface area contributed by atoms with Crippen LogP contribution in [0.5, 0.6) is 0 Å². The number of hydrogen-bond donors (Lipinski definition) is 4. The fourth-order valence-corrected chi connectivity index (χ4v) is 1.42. The lowest BCUT2D eigenvalue weighted by molar-refractivity contribution is 0.0138. The van der Waals surface area contributed by atoms with Crippen molar-refractivity contribution >= 4 is 5.82 Å². The monoisotopic (exact) mass is 236 g/mol. The molecule has 92 valence electrons. The van der Waals surface area contributed by atoms with Gasteiger partial charge in [0.15, 0.2) is 0 Å². The fraction of sp³-hybridized carbons (Fsp3) is 0.455. The van der Waals surface area contributed by atoms with Crippen LogP contribution in [0.4, 0.5) is 5.82 Å². The van der Waals surface area contributed by atoms with Crippen molar-refractivity contribution in [3.05, 3.63) is 23.4 Å². The fourth-order valence-electron chi connectivity index (χ4n) is 1.42. The molecule has 0 saturated carbocycles. The van der Waals surface area contributed by atoms with Gasteiger partial charge < -0.3 is 21.3 Å². The van der Waals surface area contributed by atoms with Crippen LogP contribution in [0.3, 0.4) is 0 Å². The van der Waals surface area contributed by atoms with Crippen molar-refractivity contribution in [3.8, 4) is 6.07 Å². The number of anilines is 1. The van der Waals surface area contributed by atoms with Crippen LogP contribution in [-0.2, 0) is 0 Å². The van der Waals surface area contributed by atoms with E-state index in [2.05, 4.69) is 10.3 Å². The molecule has 0 amide bonds. The summed E-state index contributed by atoms with van der Waals surface area (Å²) in [4.78, 5) is 3.80. The van der Waals surface area contributed by atoms with Crippen LogP contribution >= 0.6 is 0 Å². The van der Waals surface area contributed by atoms with E-state index in [1.165, 1.54) is 12.3 Å². The molecule has 0 aromatic carbocycles. The van der Waals surface area contributed by atoms with E-state index in [-0.39, 0.29) is 11.4 Å². The van der Waals surface area contributed by atoms with Crippen LogP contribution in [-0.4, -0.2) is 34.9 Å². The number of aliphatic hydroxyl groups is 2. The smallest absolute Gasteiger partial charge is 0.141 e. The summed E-state index contributed by atoms with van der Waals surface area (Å²) in [5.41, 5.74) is 6.05. The van der Waals surface area contributed by atoms with Crippen LogP contribution in [0, 0.1) is 11.3 Å². The predicted molar refractivity (Wildman–Crippen MR) is 62.9 cm³/mol. The van der Waals surface area contributed by atoms with Gasteiger partial charge >= 0.3 is 0 Å². The lowest BCUT2D eigenvalue weighted by Gasteiger charge is -2.18. The molecule has 0 saturated heterocycles. The lowest BCUT2D eigenvalue weighted by Crippen LogP contribution is -2.23. The van der Waals surface area contributed by atoms with Gasteiger partial charge in [0.1, 0.15) is 18.0 Å². The van der Waals surface area contributed by atoms with E-state index in [0.717, 1.165) is 0 Å². The van der Waals surface area contributed by atoms with Gasteiger partial charge in [-0.3, -0.25) is 0 Å². The van der Waals surface area contributed by atoms with Crippen LogP contribution in [0.15, 0.2) is 12.3 Å². The zero-order chi connectivity index (χ0) is 12.8. The highest BCUT2D eigenvalue weighted by atomic mass is 16.3. The topological polar surface area (TPSA) is 115 Å². The Hall–Kier alpha value is -1.68. The number of hydrogen-bond acceptors (Lipinski definition) is 6. The summed E-state index contributed by atoms with van der Waals surface area (Å²) < 4.78 is 0. The summed E-state index contributed by atoms with van der Waals surface area (Å²) in [5.74, 6) is 0.119. The number of nitrogens with one attached hydrogen (secondary N) is 1. The number of aromatic nitrogens is 1. The van der Waals surface area contributed by atoms with Crippen molar-refractivity contribution in [3.63, 3.8) is 0 Å². The Morgan fingerprint density at radius 3 is 2.88 bits per heavy atom. The Morgan fingerprint density at radius 2 is 2.29 bits per heavy atom. The minimum atomic E-state index is -1.07. The molecule has 6 heteroatoms. The quantitative estimate of drug-likeness (QED) is 0.550. The van der Waals surface area contributed by atoms with Crippen molar-refractivity contribution < 1.29 is 10.2 Å². The van der Waals surface area contributed by atoms with Gasteiger partial charge in [0.25, 0.3) is 0 Å². The number of pyridine rings is 1. The van der Waals surface area contributed by atoms with E-state index in [0.29, 0.717) is 18.5 Å². The Bertz CT molecular complexity index is 416. The predicted octanol–water partition coefficient (Wildman–Crippen LogP) is -0.461. The minimum Gasteiger partial charge on any atom is -0.390 e. The van der Waals surface area contributed by atoms with Crippen molar-refractivity contribution in [2.24, 2.45) is 0 Å². The molecule has 0 aliphatic carbocycles. The molecule has 0 spiro atoms. The zero-order valence-electron chi connectivity index (χ0n) is 9.59. The van der Waals surface area contributed by atoms with E-state index < -0.39 is 12.2 Å². The molecule has 0 aliphatic rings. The molecule has 0 radical (unpaired) electrons. The van der Waals surface area contributed by atoms with Gasteiger partial charge in [-0.2, -0.15) is 5.26 Å². The third-order valence-electron chi connectivity index (χ3n) is 2.46. The van der Waals surface area contributed by atoms with Crippen LogP contribution in [0.1, 0.15) is 23.7 Å². The highest BCUT2D eigenvalue weighted by Crippen LogP contribution is 2.20. The van der Waals surface area contributed by atoms with Gasteiger partial charge in [0.2, 0.25) is 0 Å². The van der Waals surface area contributed by atoms with Crippen LogP contribution in [0.25, 0.3) is 0 Å². The third-order valence-corrected chi connectivity index (χ3v) is 2.46. The summed E-state index contributed by atoms with van der Waals surface area (Å²) in [6, 6.07) is 3.32. The number of nitriles is 1. The van der Waals surface area contributed by atoms with E-state index in [4.69, 9.17) is 11.0 Å². The Labute approximate surface area is 99.7 Å². The summed E-state index contributed by atoms with van der Waals surface area (Å²) >= 11 is 0. The van der Waals surface area contributed by atoms with E-state index >= 15 is 0 Å². The molecule has 1 aromatic heterocycles. The van der Waals surface area contributed by atoms with Crippen molar-refractivity contribution in [2.45, 2.75) is 18.6 Å². The molecular formula is C11H16N4O2. The second kappa shape index (κ2) is 6.15. The average molecular weight is 236 g/mol. The summed E-state index contributed by atoms with van der Waals surface area (Å²) in [6.45, 7) is 0.589. The Kier molecular flexibility index (Phi) is 4.84. The molecule has 5 N–H and O–H groups in total. The van der Waals surface area contributed by atoms with E-state index in [1.807, 2.05) is 6.07 Å². The third kappa shape index (κ3) is 3.39. The first kappa shape index (κ1) is 13.4. The molecule has 1 heterocycles. The molecule has 6 nitrogen and oxygen atoms in total. The van der Waals surface area contributed by atoms with Crippen molar-refractivity contribution in [1.82, 2.24) is 10.3 Å². The highest BCUT2D eigenvalue weighted by molar-refractivity contribution is 5.49. The van der Waals surface area contributed by atoms with E-state index in [1.54, 1.807) is 7.05 Å². The second-order valence-corrected chi connectivity index (χ2v) is 3.72. The summed E-state index contributed by atoms with van der Waals surface area (Å²) in [7, 11) is 1.76. The van der Waals surface area contributed by atoms with Crippen LogP contribution in [0.2, 0.25) is 0 Å². The zero-order valence-corrected chi connectivity index (χ0v) is 9.59. The molecular weight excluding hydrogens is 220 g/mol. The second-order valence-electron chi connectivity index (χ2n) is 3.72. The van der Waals surface area contributed by atoms with Gasteiger partial charge in [0, 0.05) is 11.8 Å². The minimum absolute atomic E-state index is 0.119.